The second-order valence-corrected chi connectivity index (χ2v) is 3.51. The predicted octanol–water partition coefficient (Wildman–Crippen LogP) is 1.19. The number of anilines is 1. The smallest absolute Gasteiger partial charge is 0.155 e. The molecule has 4 nitrogen and oxygen atoms in total. The van der Waals surface area contributed by atoms with Crippen LogP contribution in [0.1, 0.15) is 24.6 Å². The van der Waals surface area contributed by atoms with Crippen molar-refractivity contribution in [2.75, 3.05) is 5.73 Å². The molecule has 0 unspecified atom stereocenters. The van der Waals surface area contributed by atoms with Gasteiger partial charge in [0, 0.05) is 5.92 Å². The molecule has 4 heteroatoms. The summed E-state index contributed by atoms with van der Waals surface area (Å²) in [7, 11) is 0. The summed E-state index contributed by atoms with van der Waals surface area (Å²) < 4.78 is 1.75. The topological polar surface area (TPSA) is 56.2 Å². The van der Waals surface area contributed by atoms with Gasteiger partial charge in [0.15, 0.2) is 11.5 Å². The van der Waals surface area contributed by atoms with E-state index in [1.165, 1.54) is 12.8 Å². The summed E-state index contributed by atoms with van der Waals surface area (Å²) in [5.74, 6) is 1.56. The number of hydrogen-bond acceptors (Lipinski definition) is 3. The summed E-state index contributed by atoms with van der Waals surface area (Å²) in [5, 5.41) is 4.36. The van der Waals surface area contributed by atoms with Gasteiger partial charge in [-0.25, -0.2) is 9.50 Å². The maximum Gasteiger partial charge on any atom is 0.155 e. The average Bonchev–Trinajstić information content (AvgIpc) is 2.87. The van der Waals surface area contributed by atoms with Gasteiger partial charge in [0.2, 0.25) is 0 Å². The second kappa shape index (κ2) is 2.22. The molecule has 0 amide bonds. The third-order valence-electron chi connectivity index (χ3n) is 2.31. The van der Waals surface area contributed by atoms with E-state index in [0.717, 1.165) is 17.2 Å². The van der Waals surface area contributed by atoms with Crippen molar-refractivity contribution < 1.29 is 0 Å². The molecule has 2 heterocycles. The minimum Gasteiger partial charge on any atom is -0.397 e. The van der Waals surface area contributed by atoms with E-state index in [9.17, 15) is 0 Å². The van der Waals surface area contributed by atoms with Crippen LogP contribution in [0.2, 0.25) is 0 Å². The number of nitrogens with two attached hydrogens (primary N) is 1. The molecule has 1 aliphatic carbocycles. The van der Waals surface area contributed by atoms with E-state index in [-0.39, 0.29) is 0 Å². The molecule has 0 spiro atoms. The van der Waals surface area contributed by atoms with Crippen molar-refractivity contribution in [1.82, 2.24) is 14.6 Å². The van der Waals surface area contributed by atoms with Gasteiger partial charge in [-0.1, -0.05) is 0 Å². The van der Waals surface area contributed by atoms with Gasteiger partial charge in [-0.3, -0.25) is 0 Å². The lowest BCUT2D eigenvalue weighted by Crippen LogP contribution is -1.91. The molecule has 0 bridgehead atoms. The van der Waals surface area contributed by atoms with Gasteiger partial charge in [0.25, 0.3) is 0 Å². The molecule has 1 aliphatic rings. The maximum absolute atomic E-state index is 5.64. The highest BCUT2D eigenvalue weighted by Crippen LogP contribution is 2.38. The Hall–Kier alpha value is -1.58. The van der Waals surface area contributed by atoms with Crippen molar-refractivity contribution >= 4 is 11.3 Å². The maximum atomic E-state index is 5.64. The minimum atomic E-state index is 0.598. The first-order chi connectivity index (χ1) is 6.33. The Balaban J connectivity index is 2.20. The van der Waals surface area contributed by atoms with E-state index in [1.807, 2.05) is 12.1 Å². The molecule has 2 aromatic heterocycles. The number of nitrogen functional groups attached to an aromatic ring is 1. The molecule has 13 heavy (non-hydrogen) atoms. The molecular weight excluding hydrogens is 164 g/mol. The summed E-state index contributed by atoms with van der Waals surface area (Å²) in [6, 6.07) is 3.74. The average molecular weight is 174 g/mol. The molecule has 1 saturated carbocycles. The fourth-order valence-corrected chi connectivity index (χ4v) is 1.43. The first-order valence-corrected chi connectivity index (χ1v) is 4.45. The van der Waals surface area contributed by atoms with E-state index in [1.54, 1.807) is 10.7 Å². The lowest BCUT2D eigenvalue weighted by Gasteiger charge is -1.91. The number of rotatable bonds is 1. The SMILES string of the molecule is Nc1ccc2nc(C3CC3)nn2c1. The van der Waals surface area contributed by atoms with Crippen LogP contribution in [0, 0.1) is 0 Å². The Morgan fingerprint density at radius 3 is 3.00 bits per heavy atom. The lowest BCUT2D eigenvalue weighted by atomic mass is 10.4. The van der Waals surface area contributed by atoms with Crippen LogP contribution >= 0.6 is 0 Å². The third kappa shape index (κ3) is 1.06. The van der Waals surface area contributed by atoms with Gasteiger partial charge >= 0.3 is 0 Å². The zero-order valence-corrected chi connectivity index (χ0v) is 7.14. The van der Waals surface area contributed by atoms with Gasteiger partial charge in [0.1, 0.15) is 0 Å². The van der Waals surface area contributed by atoms with Crippen LogP contribution in [0.3, 0.4) is 0 Å². The van der Waals surface area contributed by atoms with Crippen LogP contribution in [0.5, 0.6) is 0 Å². The van der Waals surface area contributed by atoms with E-state index >= 15 is 0 Å². The van der Waals surface area contributed by atoms with Crippen LogP contribution in [0.4, 0.5) is 5.69 Å². The van der Waals surface area contributed by atoms with Crippen molar-refractivity contribution in [2.45, 2.75) is 18.8 Å². The summed E-state index contributed by atoms with van der Waals surface area (Å²) in [4.78, 5) is 4.41. The fraction of sp³-hybridized carbons (Fsp3) is 0.333. The molecule has 0 aliphatic heterocycles. The Morgan fingerprint density at radius 2 is 2.23 bits per heavy atom. The van der Waals surface area contributed by atoms with Crippen molar-refractivity contribution in [3.05, 3.63) is 24.2 Å². The Kier molecular flexibility index (Phi) is 1.17. The first-order valence-electron chi connectivity index (χ1n) is 4.45. The van der Waals surface area contributed by atoms with Gasteiger partial charge < -0.3 is 5.73 Å². The number of nitrogens with zero attached hydrogens (tertiary/aromatic N) is 3. The molecule has 66 valence electrons. The zero-order chi connectivity index (χ0) is 8.84. The van der Waals surface area contributed by atoms with Crippen LogP contribution in [-0.4, -0.2) is 14.6 Å². The minimum absolute atomic E-state index is 0.598. The van der Waals surface area contributed by atoms with Gasteiger partial charge in [0.05, 0.1) is 11.9 Å². The molecule has 0 radical (unpaired) electrons. The van der Waals surface area contributed by atoms with E-state index in [4.69, 9.17) is 5.73 Å². The van der Waals surface area contributed by atoms with Crippen molar-refractivity contribution in [3.63, 3.8) is 0 Å². The molecule has 2 N–H and O–H groups in total. The Bertz CT molecular complexity index is 456. The number of hydrogen-bond donors (Lipinski definition) is 1. The van der Waals surface area contributed by atoms with Crippen LogP contribution in [0.25, 0.3) is 5.65 Å². The highest BCUT2D eigenvalue weighted by Gasteiger charge is 2.27. The number of fused-ring (bicyclic) bond motifs is 1. The summed E-state index contributed by atoms with van der Waals surface area (Å²) in [6.07, 6.45) is 4.26. The summed E-state index contributed by atoms with van der Waals surface area (Å²) in [5.41, 5.74) is 7.24. The van der Waals surface area contributed by atoms with Gasteiger partial charge in [-0.15, -0.1) is 0 Å². The summed E-state index contributed by atoms with van der Waals surface area (Å²) >= 11 is 0. The largest absolute Gasteiger partial charge is 0.397 e. The highest BCUT2D eigenvalue weighted by atomic mass is 15.3. The van der Waals surface area contributed by atoms with Crippen LogP contribution < -0.4 is 5.73 Å². The lowest BCUT2D eigenvalue weighted by molar-refractivity contribution is 0.879. The van der Waals surface area contributed by atoms with Crippen molar-refractivity contribution in [3.8, 4) is 0 Å². The van der Waals surface area contributed by atoms with Crippen LogP contribution in [-0.2, 0) is 0 Å². The van der Waals surface area contributed by atoms with E-state index in [0.29, 0.717) is 5.92 Å². The monoisotopic (exact) mass is 174 g/mol. The van der Waals surface area contributed by atoms with Crippen molar-refractivity contribution in [2.24, 2.45) is 0 Å². The standard InChI is InChI=1S/C9H10N4/c10-7-3-4-8-11-9(6-1-2-6)12-13(8)5-7/h3-6H,1-2,10H2. The second-order valence-electron chi connectivity index (χ2n) is 3.51. The number of aromatic nitrogens is 3. The molecule has 0 saturated heterocycles. The molecule has 2 aromatic rings. The normalized spacial score (nSPS) is 16.6. The predicted molar refractivity (Wildman–Crippen MR) is 49.4 cm³/mol. The quantitative estimate of drug-likeness (QED) is 0.706. The van der Waals surface area contributed by atoms with Gasteiger partial charge in [-0.2, -0.15) is 5.10 Å². The molecule has 0 aromatic carbocycles. The summed E-state index contributed by atoms with van der Waals surface area (Å²) in [6.45, 7) is 0. The fourth-order valence-electron chi connectivity index (χ4n) is 1.43. The third-order valence-corrected chi connectivity index (χ3v) is 2.31. The van der Waals surface area contributed by atoms with E-state index in [2.05, 4.69) is 10.1 Å². The number of pyridine rings is 1. The molecular formula is C9H10N4. The molecule has 0 atom stereocenters. The van der Waals surface area contributed by atoms with E-state index < -0.39 is 0 Å². The Morgan fingerprint density at radius 1 is 1.38 bits per heavy atom. The zero-order valence-electron chi connectivity index (χ0n) is 7.14. The first kappa shape index (κ1) is 6.88. The van der Waals surface area contributed by atoms with Crippen molar-refractivity contribution in [1.29, 1.82) is 0 Å². The molecule has 1 fully saturated rings. The Labute approximate surface area is 75.4 Å². The highest BCUT2D eigenvalue weighted by molar-refractivity contribution is 5.46. The molecule has 3 rings (SSSR count). The van der Waals surface area contributed by atoms with Gasteiger partial charge in [-0.05, 0) is 25.0 Å². The van der Waals surface area contributed by atoms with Crippen LogP contribution in [0.15, 0.2) is 18.3 Å².